The molecule has 164 valence electrons. The fraction of sp³-hybridized carbons (Fsp3) is 0.909. The van der Waals surface area contributed by atoms with E-state index in [-0.39, 0.29) is 19.5 Å². The number of nitrogens with two attached hydrogens (primary N) is 1. The topological polar surface area (TPSA) is 106 Å². The van der Waals surface area contributed by atoms with Crippen molar-refractivity contribution >= 4 is 11.9 Å². The van der Waals surface area contributed by atoms with Crippen molar-refractivity contribution in [2.24, 2.45) is 5.73 Å². The van der Waals surface area contributed by atoms with Gasteiger partial charge in [-0.15, -0.1) is 0 Å². The molecule has 5 nitrogen and oxygen atoms in total. The zero-order valence-electron chi connectivity index (χ0n) is 18.9. The van der Waals surface area contributed by atoms with E-state index >= 15 is 0 Å². The maximum absolute atomic E-state index is 8.89. The van der Waals surface area contributed by atoms with Gasteiger partial charge in [-0.2, -0.15) is 0 Å². The second-order valence-electron chi connectivity index (χ2n) is 7.08. The van der Waals surface area contributed by atoms with E-state index in [0.29, 0.717) is 0 Å². The van der Waals surface area contributed by atoms with Gasteiger partial charge in [-0.3, -0.25) is 0 Å². The Morgan fingerprint density at radius 3 is 0.929 bits per heavy atom. The van der Waals surface area contributed by atoms with Crippen molar-refractivity contribution in [3.8, 4) is 0 Å². The zero-order chi connectivity index (χ0) is 21.2. The molecule has 0 aromatic carbocycles. The number of carbonyl (C=O) groups is 2. The monoisotopic (exact) mass is 451 g/mol. The molecule has 0 spiro atoms. The van der Waals surface area contributed by atoms with Crippen molar-refractivity contribution in [3.63, 3.8) is 0 Å². The minimum absolute atomic E-state index is 0. The molecule has 0 aliphatic rings. The van der Waals surface area contributed by atoms with Crippen LogP contribution in [0.1, 0.15) is 124 Å². The van der Waals surface area contributed by atoms with Gasteiger partial charge in [0.05, 0.1) is 0 Å². The van der Waals surface area contributed by atoms with Gasteiger partial charge in [-0.05, 0) is 26.8 Å². The Bertz CT molecular complexity index is 266. The number of rotatable bonds is 16. The first kappa shape index (κ1) is 35.0. The molecular weight excluding hydrogens is 408 g/mol. The molecule has 0 fully saturated rings. The standard InChI is InChI=1S/C18H39N.2C2H4O2.Zn/c1-2-3-4-5-6-7-8-9-10-11-12-13-14-15-16-17-18-19;2*1-2(3)4;/h2-19H2,1H3;2*1H3,(H,3,4);/q;;;+2/p-2. The number of carbonyl (C=O) groups excluding carboxylic acids is 2. The van der Waals surface area contributed by atoms with Gasteiger partial charge in [0, 0.05) is 11.9 Å². The van der Waals surface area contributed by atoms with E-state index in [9.17, 15) is 0 Å². The summed E-state index contributed by atoms with van der Waals surface area (Å²) in [5.41, 5.74) is 5.48. The molecule has 0 atom stereocenters. The number of aliphatic carboxylic acids is 2. The number of carboxylic acid groups (broad SMARTS) is 2. The third-order valence-corrected chi connectivity index (χ3v) is 4.06. The van der Waals surface area contributed by atoms with Crippen LogP contribution >= 0.6 is 0 Å². The molecule has 28 heavy (non-hydrogen) atoms. The maximum atomic E-state index is 8.89. The summed E-state index contributed by atoms with van der Waals surface area (Å²) in [4.78, 5) is 17.8. The summed E-state index contributed by atoms with van der Waals surface area (Å²) < 4.78 is 0. The van der Waals surface area contributed by atoms with Crippen LogP contribution < -0.4 is 15.9 Å². The van der Waals surface area contributed by atoms with E-state index in [0.717, 1.165) is 20.4 Å². The van der Waals surface area contributed by atoms with Crippen LogP contribution in [0, 0.1) is 0 Å². The van der Waals surface area contributed by atoms with Crippen LogP contribution in [0.25, 0.3) is 0 Å². The third-order valence-electron chi connectivity index (χ3n) is 4.06. The number of carboxylic acids is 2. The summed E-state index contributed by atoms with van der Waals surface area (Å²) in [6.07, 6.45) is 22.9. The fourth-order valence-electron chi connectivity index (χ4n) is 2.69. The smallest absolute Gasteiger partial charge is 0.550 e. The zero-order valence-corrected chi connectivity index (χ0v) is 21.9. The predicted molar refractivity (Wildman–Crippen MR) is 110 cm³/mol. The van der Waals surface area contributed by atoms with Crippen LogP contribution in [0.3, 0.4) is 0 Å². The number of unbranched alkanes of at least 4 members (excludes halogenated alkanes) is 15. The molecule has 0 heterocycles. The van der Waals surface area contributed by atoms with Crippen molar-refractivity contribution in [2.45, 2.75) is 124 Å². The second kappa shape index (κ2) is 34.1. The average molecular weight is 453 g/mol. The Kier molecular flexibility index (Phi) is 42.6. The van der Waals surface area contributed by atoms with Gasteiger partial charge in [0.25, 0.3) is 0 Å². The van der Waals surface area contributed by atoms with Crippen LogP contribution in [0.2, 0.25) is 0 Å². The summed E-state index contributed by atoms with van der Waals surface area (Å²) in [7, 11) is 0. The Labute approximate surface area is 187 Å². The van der Waals surface area contributed by atoms with Crippen LogP contribution in [-0.2, 0) is 29.1 Å². The van der Waals surface area contributed by atoms with Gasteiger partial charge in [0.2, 0.25) is 0 Å². The first-order chi connectivity index (χ1) is 12.9. The second-order valence-corrected chi connectivity index (χ2v) is 7.08. The largest absolute Gasteiger partial charge is 2.00 e. The normalized spacial score (nSPS) is 9.29. The molecule has 0 aliphatic carbocycles. The third kappa shape index (κ3) is 63.7. The quantitative estimate of drug-likeness (QED) is 0.284. The molecule has 0 bridgehead atoms. The molecule has 6 heteroatoms. The van der Waals surface area contributed by atoms with Crippen molar-refractivity contribution in [1.29, 1.82) is 0 Å². The first-order valence-corrected chi connectivity index (χ1v) is 10.9. The summed E-state index contributed by atoms with van der Waals surface area (Å²) in [6.45, 7) is 5.11. The molecule has 0 rings (SSSR count). The summed E-state index contributed by atoms with van der Waals surface area (Å²) in [5, 5.41) is 17.8. The number of hydrogen-bond acceptors (Lipinski definition) is 5. The SMILES string of the molecule is CC(=O)[O-].CC(=O)[O-].CCCCCCCCCCCCCCCCCCN.[Zn+2]. The molecule has 0 unspecified atom stereocenters. The molecule has 0 aromatic rings. The Balaban J connectivity index is -0.000000270. The maximum Gasteiger partial charge on any atom is 2.00 e. The fourth-order valence-corrected chi connectivity index (χ4v) is 2.69. The Morgan fingerprint density at radius 2 is 0.750 bits per heavy atom. The van der Waals surface area contributed by atoms with E-state index in [1.54, 1.807) is 0 Å². The van der Waals surface area contributed by atoms with Gasteiger partial charge in [-0.1, -0.05) is 103 Å². The molecule has 0 radical (unpaired) electrons. The van der Waals surface area contributed by atoms with Gasteiger partial charge >= 0.3 is 19.5 Å². The molecular formula is C22H45NO4Zn. The molecule has 0 aromatic heterocycles. The minimum atomic E-state index is -1.08. The molecule has 2 N–H and O–H groups in total. The molecule has 0 aliphatic heterocycles. The van der Waals surface area contributed by atoms with E-state index in [1.165, 1.54) is 103 Å². The van der Waals surface area contributed by atoms with Crippen molar-refractivity contribution in [2.75, 3.05) is 6.54 Å². The Morgan fingerprint density at radius 1 is 0.571 bits per heavy atom. The van der Waals surface area contributed by atoms with Crippen molar-refractivity contribution < 1.29 is 39.3 Å². The van der Waals surface area contributed by atoms with E-state index in [4.69, 9.17) is 25.5 Å². The van der Waals surface area contributed by atoms with E-state index in [1.807, 2.05) is 0 Å². The van der Waals surface area contributed by atoms with Gasteiger partial charge in [-0.25, -0.2) is 0 Å². The van der Waals surface area contributed by atoms with Crippen LogP contribution in [0.15, 0.2) is 0 Å². The van der Waals surface area contributed by atoms with Crippen LogP contribution in [0.5, 0.6) is 0 Å². The molecule has 0 saturated carbocycles. The van der Waals surface area contributed by atoms with Gasteiger partial charge < -0.3 is 25.5 Å². The molecule has 0 saturated heterocycles. The average Bonchev–Trinajstić information content (AvgIpc) is 2.57. The minimum Gasteiger partial charge on any atom is -0.550 e. The van der Waals surface area contributed by atoms with Crippen molar-refractivity contribution in [1.82, 2.24) is 0 Å². The van der Waals surface area contributed by atoms with Gasteiger partial charge in [0.15, 0.2) is 0 Å². The van der Waals surface area contributed by atoms with Gasteiger partial charge in [0.1, 0.15) is 0 Å². The Hall–Kier alpha value is -0.477. The number of hydrogen-bond donors (Lipinski definition) is 1. The first-order valence-electron chi connectivity index (χ1n) is 10.9. The van der Waals surface area contributed by atoms with Crippen molar-refractivity contribution in [3.05, 3.63) is 0 Å². The van der Waals surface area contributed by atoms with Crippen LogP contribution in [-0.4, -0.2) is 18.5 Å². The van der Waals surface area contributed by atoms with E-state index < -0.39 is 11.9 Å². The summed E-state index contributed by atoms with van der Waals surface area (Å²) in [6, 6.07) is 0. The predicted octanol–water partition coefficient (Wildman–Crippen LogP) is 3.72. The summed E-state index contributed by atoms with van der Waals surface area (Å²) >= 11 is 0. The van der Waals surface area contributed by atoms with E-state index in [2.05, 4.69) is 6.92 Å². The molecule has 0 amide bonds. The van der Waals surface area contributed by atoms with Crippen LogP contribution in [0.4, 0.5) is 0 Å². The summed E-state index contributed by atoms with van der Waals surface area (Å²) in [5.74, 6) is -2.17.